The molecule has 2 N–H and O–H groups in total. The highest BCUT2D eigenvalue weighted by atomic mass is 28.4. The number of rotatable bonds is 5. The second-order valence-corrected chi connectivity index (χ2v) is 12.7. The molecule has 0 unspecified atom stereocenters. The smallest absolute Gasteiger partial charge is 0.216 e. The van der Waals surface area contributed by atoms with E-state index >= 15 is 0 Å². The molecule has 1 heterocycles. The number of ether oxygens (including phenoxy) is 1. The Balaban J connectivity index is 2.84. The first-order valence-electron chi connectivity index (χ1n) is 8.16. The lowest BCUT2D eigenvalue weighted by molar-refractivity contribution is -0.149. The predicted molar refractivity (Wildman–Crippen MR) is 90.3 cm³/mol. The molecule has 1 rings (SSSR count). The van der Waals surface area contributed by atoms with Crippen LogP contribution in [0.4, 0.5) is 0 Å². The van der Waals surface area contributed by atoms with Crippen molar-refractivity contribution in [3.8, 4) is 0 Å². The zero-order chi connectivity index (χ0) is 17.1. The van der Waals surface area contributed by atoms with E-state index in [1.165, 1.54) is 6.92 Å². The van der Waals surface area contributed by atoms with Crippen LogP contribution >= 0.6 is 0 Å². The normalized spacial score (nSPS) is 30.2. The van der Waals surface area contributed by atoms with Crippen molar-refractivity contribution in [3.05, 3.63) is 0 Å². The molecule has 130 valence electrons. The summed E-state index contributed by atoms with van der Waals surface area (Å²) in [6.45, 7) is 15.1. The molecule has 6 heteroatoms. The first kappa shape index (κ1) is 19.6. The van der Waals surface area contributed by atoms with E-state index in [0.717, 1.165) is 6.42 Å². The lowest BCUT2D eigenvalue weighted by atomic mass is 9.91. The molecule has 0 aliphatic carbocycles. The van der Waals surface area contributed by atoms with Crippen LogP contribution in [0.5, 0.6) is 0 Å². The van der Waals surface area contributed by atoms with E-state index in [1.807, 2.05) is 0 Å². The fraction of sp³-hybridized carbons (Fsp3) is 0.938. The van der Waals surface area contributed by atoms with E-state index in [0.29, 0.717) is 6.54 Å². The quantitative estimate of drug-likeness (QED) is 0.759. The molecule has 0 aromatic rings. The standard InChI is InChI=1S/C16H33NO4Si/c1-11-8-13(21-22(6,7)16(3,4)5)14(9-17-12(2)19)20-15(11)10-18/h11,13-15,18H,8-10H2,1-7H3,(H,17,19)/t11-,13-,14-,15-/m1/s1. The van der Waals surface area contributed by atoms with Crippen LogP contribution in [0, 0.1) is 5.92 Å². The van der Waals surface area contributed by atoms with Gasteiger partial charge in [0, 0.05) is 13.5 Å². The number of aliphatic hydroxyl groups excluding tert-OH is 1. The Morgan fingerprint density at radius 1 is 1.36 bits per heavy atom. The predicted octanol–water partition coefficient (Wildman–Crippen LogP) is 2.30. The van der Waals surface area contributed by atoms with E-state index in [4.69, 9.17) is 9.16 Å². The first-order chi connectivity index (χ1) is 9.98. The van der Waals surface area contributed by atoms with Crippen molar-refractivity contribution in [3.63, 3.8) is 0 Å². The number of carbonyl (C=O) groups excluding carboxylic acids is 1. The fourth-order valence-corrected chi connectivity index (χ4v) is 3.80. The molecule has 1 aliphatic rings. The number of nitrogens with one attached hydrogen (secondary N) is 1. The van der Waals surface area contributed by atoms with Crippen molar-refractivity contribution in [2.45, 2.75) is 77.5 Å². The lowest BCUT2D eigenvalue weighted by Gasteiger charge is -2.46. The van der Waals surface area contributed by atoms with Gasteiger partial charge in [-0.2, -0.15) is 0 Å². The monoisotopic (exact) mass is 331 g/mol. The summed E-state index contributed by atoms with van der Waals surface area (Å²) in [5, 5.41) is 12.4. The van der Waals surface area contributed by atoms with Crippen LogP contribution in [-0.4, -0.2) is 50.8 Å². The van der Waals surface area contributed by atoms with Crippen LogP contribution < -0.4 is 5.32 Å². The Morgan fingerprint density at radius 3 is 2.41 bits per heavy atom. The number of hydrogen-bond donors (Lipinski definition) is 2. The van der Waals surface area contributed by atoms with Gasteiger partial charge in [-0.3, -0.25) is 4.79 Å². The van der Waals surface area contributed by atoms with E-state index < -0.39 is 8.32 Å². The van der Waals surface area contributed by atoms with Crippen LogP contribution in [0.2, 0.25) is 18.1 Å². The molecule has 0 aromatic heterocycles. The molecule has 22 heavy (non-hydrogen) atoms. The van der Waals surface area contributed by atoms with Gasteiger partial charge in [-0.25, -0.2) is 0 Å². The number of carbonyl (C=O) groups is 1. The summed E-state index contributed by atoms with van der Waals surface area (Å²) in [6.07, 6.45) is 0.428. The molecule has 5 nitrogen and oxygen atoms in total. The van der Waals surface area contributed by atoms with E-state index in [2.05, 4.69) is 46.1 Å². The van der Waals surface area contributed by atoms with Crippen LogP contribution in [0.25, 0.3) is 0 Å². The average Bonchev–Trinajstić information content (AvgIpc) is 2.35. The molecule has 0 bridgehead atoms. The Bertz CT molecular complexity index is 381. The van der Waals surface area contributed by atoms with Gasteiger partial charge in [-0.15, -0.1) is 0 Å². The highest BCUT2D eigenvalue weighted by molar-refractivity contribution is 6.74. The third-order valence-electron chi connectivity index (χ3n) is 4.99. The molecule has 0 spiro atoms. The van der Waals surface area contributed by atoms with Crippen LogP contribution in [-0.2, 0) is 14.0 Å². The van der Waals surface area contributed by atoms with Crippen molar-refractivity contribution in [2.75, 3.05) is 13.2 Å². The molecule has 1 saturated heterocycles. The average molecular weight is 332 g/mol. The Hall–Kier alpha value is -0.433. The molecular formula is C16H33NO4Si. The number of hydrogen-bond acceptors (Lipinski definition) is 4. The zero-order valence-electron chi connectivity index (χ0n) is 15.1. The van der Waals surface area contributed by atoms with Gasteiger partial charge in [-0.05, 0) is 30.5 Å². The molecule has 1 aliphatic heterocycles. The van der Waals surface area contributed by atoms with Gasteiger partial charge in [0.05, 0.1) is 18.8 Å². The maximum Gasteiger partial charge on any atom is 0.216 e. The van der Waals surface area contributed by atoms with Gasteiger partial charge in [0.2, 0.25) is 5.91 Å². The zero-order valence-corrected chi connectivity index (χ0v) is 16.1. The lowest BCUT2D eigenvalue weighted by Crippen LogP contribution is -2.55. The summed E-state index contributed by atoms with van der Waals surface area (Å²) in [5.74, 6) is 0.169. The third kappa shape index (κ3) is 5.04. The minimum Gasteiger partial charge on any atom is -0.411 e. The van der Waals surface area contributed by atoms with Gasteiger partial charge in [0.15, 0.2) is 8.32 Å². The summed E-state index contributed by atoms with van der Waals surface area (Å²) in [4.78, 5) is 11.2. The van der Waals surface area contributed by atoms with Crippen molar-refractivity contribution in [1.82, 2.24) is 5.32 Å². The molecule has 0 aromatic carbocycles. The third-order valence-corrected chi connectivity index (χ3v) is 9.49. The van der Waals surface area contributed by atoms with Crippen LogP contribution in [0.1, 0.15) is 41.0 Å². The maximum absolute atomic E-state index is 11.2. The Morgan fingerprint density at radius 2 is 1.95 bits per heavy atom. The van der Waals surface area contributed by atoms with Crippen molar-refractivity contribution < 1.29 is 19.1 Å². The highest BCUT2D eigenvalue weighted by Gasteiger charge is 2.44. The molecule has 1 fully saturated rings. The summed E-state index contributed by atoms with van der Waals surface area (Å²) >= 11 is 0. The second kappa shape index (κ2) is 7.42. The summed E-state index contributed by atoms with van der Waals surface area (Å²) in [6, 6.07) is 0. The Kier molecular flexibility index (Phi) is 6.62. The van der Waals surface area contributed by atoms with E-state index in [-0.39, 0.29) is 41.8 Å². The molecule has 0 radical (unpaired) electrons. The van der Waals surface area contributed by atoms with E-state index in [9.17, 15) is 9.90 Å². The molecule has 0 saturated carbocycles. The van der Waals surface area contributed by atoms with Crippen molar-refractivity contribution in [1.29, 1.82) is 0 Å². The minimum atomic E-state index is -1.91. The summed E-state index contributed by atoms with van der Waals surface area (Å²) < 4.78 is 12.5. The maximum atomic E-state index is 11.2. The van der Waals surface area contributed by atoms with Crippen molar-refractivity contribution >= 4 is 14.2 Å². The van der Waals surface area contributed by atoms with Crippen LogP contribution in [0.15, 0.2) is 0 Å². The van der Waals surface area contributed by atoms with Gasteiger partial charge in [-0.1, -0.05) is 27.7 Å². The topological polar surface area (TPSA) is 67.8 Å². The van der Waals surface area contributed by atoms with Gasteiger partial charge in [0.1, 0.15) is 6.10 Å². The highest BCUT2D eigenvalue weighted by Crippen LogP contribution is 2.39. The summed E-state index contributed by atoms with van der Waals surface area (Å²) in [7, 11) is -1.91. The van der Waals surface area contributed by atoms with Crippen LogP contribution in [0.3, 0.4) is 0 Å². The second-order valence-electron chi connectivity index (χ2n) is 7.96. The Labute approximate surface area is 135 Å². The number of amides is 1. The SMILES string of the molecule is CC(=O)NC[C@H]1O[C@H](CO)[C@H](C)C[C@H]1O[Si](C)(C)C(C)(C)C. The summed E-state index contributed by atoms with van der Waals surface area (Å²) in [5.41, 5.74) is 0. The largest absolute Gasteiger partial charge is 0.411 e. The number of aliphatic hydroxyl groups is 1. The first-order valence-corrected chi connectivity index (χ1v) is 11.1. The fourth-order valence-electron chi connectivity index (χ4n) is 2.44. The minimum absolute atomic E-state index is 0.00451. The van der Waals surface area contributed by atoms with E-state index in [1.54, 1.807) is 0 Å². The van der Waals surface area contributed by atoms with Gasteiger partial charge < -0.3 is 19.6 Å². The molecule has 4 atom stereocenters. The molecule has 1 amide bonds. The molecular weight excluding hydrogens is 298 g/mol. The van der Waals surface area contributed by atoms with Gasteiger partial charge in [0.25, 0.3) is 0 Å². The van der Waals surface area contributed by atoms with Gasteiger partial charge >= 0.3 is 0 Å². The van der Waals surface area contributed by atoms with Crippen molar-refractivity contribution in [2.24, 2.45) is 5.92 Å².